The van der Waals surface area contributed by atoms with E-state index in [0.29, 0.717) is 18.8 Å². The lowest BCUT2D eigenvalue weighted by molar-refractivity contribution is 0.581. The minimum Gasteiger partial charge on any atom is -0.370 e. The van der Waals surface area contributed by atoms with Gasteiger partial charge in [-0.05, 0) is 37.1 Å². The molecule has 0 fully saturated rings. The van der Waals surface area contributed by atoms with Gasteiger partial charge in [-0.2, -0.15) is 0 Å². The summed E-state index contributed by atoms with van der Waals surface area (Å²) in [5.41, 5.74) is 0.987. The Morgan fingerprint density at radius 1 is 1.19 bits per heavy atom. The maximum Gasteiger partial charge on any atom is 0.242 e. The Morgan fingerprint density at radius 2 is 2.05 bits per heavy atom. The second-order valence-electron chi connectivity index (χ2n) is 4.42. The van der Waals surface area contributed by atoms with Crippen molar-refractivity contribution in [2.45, 2.75) is 18.2 Å². The van der Waals surface area contributed by atoms with Crippen molar-refractivity contribution in [3.8, 4) is 0 Å². The Morgan fingerprint density at radius 3 is 2.67 bits per heavy atom. The number of hydrogen-bond donors (Lipinski definition) is 2. The molecule has 6 nitrogen and oxygen atoms in total. The van der Waals surface area contributed by atoms with Crippen LogP contribution in [-0.4, -0.2) is 31.5 Å². The van der Waals surface area contributed by atoms with Gasteiger partial charge in [-0.3, -0.25) is 4.98 Å². The lowest BCUT2D eigenvalue weighted by Gasteiger charge is -2.07. The van der Waals surface area contributed by atoms with Crippen molar-refractivity contribution >= 4 is 15.8 Å². The van der Waals surface area contributed by atoms with E-state index in [-0.39, 0.29) is 4.90 Å². The molecule has 0 radical (unpaired) electrons. The van der Waals surface area contributed by atoms with Gasteiger partial charge < -0.3 is 5.32 Å². The molecule has 0 atom stereocenters. The van der Waals surface area contributed by atoms with Crippen LogP contribution >= 0.6 is 0 Å². The van der Waals surface area contributed by atoms with Crippen molar-refractivity contribution in [3.05, 3.63) is 48.4 Å². The monoisotopic (exact) mass is 306 g/mol. The quantitative estimate of drug-likeness (QED) is 0.808. The van der Waals surface area contributed by atoms with Gasteiger partial charge in [0.25, 0.3) is 0 Å². The van der Waals surface area contributed by atoms with Crippen LogP contribution in [0.1, 0.15) is 12.5 Å². The summed E-state index contributed by atoms with van der Waals surface area (Å²) in [6.07, 6.45) is 5.35. The second-order valence-corrected chi connectivity index (χ2v) is 6.19. The number of hydrogen-bond acceptors (Lipinski definition) is 5. The number of sulfonamides is 1. The molecule has 2 rings (SSSR count). The van der Waals surface area contributed by atoms with E-state index >= 15 is 0 Å². The number of aromatic nitrogens is 2. The smallest absolute Gasteiger partial charge is 0.242 e. The van der Waals surface area contributed by atoms with E-state index in [1.807, 2.05) is 19.1 Å². The first kappa shape index (κ1) is 15.4. The highest BCUT2D eigenvalue weighted by atomic mass is 32.2. The molecule has 0 unspecified atom stereocenters. The highest BCUT2D eigenvalue weighted by molar-refractivity contribution is 7.89. The Balaban J connectivity index is 1.95. The van der Waals surface area contributed by atoms with Gasteiger partial charge in [0.2, 0.25) is 10.0 Å². The van der Waals surface area contributed by atoms with E-state index < -0.39 is 10.0 Å². The van der Waals surface area contributed by atoms with Crippen LogP contribution in [0.5, 0.6) is 0 Å². The Hall–Kier alpha value is -1.99. The molecule has 0 aliphatic rings. The fourth-order valence-electron chi connectivity index (χ4n) is 1.78. The lowest BCUT2D eigenvalue weighted by Crippen LogP contribution is -2.26. The summed E-state index contributed by atoms with van der Waals surface area (Å²) in [6, 6.07) is 6.93. The van der Waals surface area contributed by atoms with Crippen LogP contribution in [0.2, 0.25) is 0 Å². The van der Waals surface area contributed by atoms with Gasteiger partial charge in [0.15, 0.2) is 0 Å². The van der Waals surface area contributed by atoms with E-state index in [9.17, 15) is 8.42 Å². The molecular formula is C14H18N4O2S. The van der Waals surface area contributed by atoms with E-state index in [2.05, 4.69) is 20.0 Å². The zero-order valence-electron chi connectivity index (χ0n) is 11.8. The molecule has 0 aromatic carbocycles. The topological polar surface area (TPSA) is 84.0 Å². The summed E-state index contributed by atoms with van der Waals surface area (Å²) < 4.78 is 26.8. The number of pyridine rings is 2. The molecule has 0 aliphatic carbocycles. The van der Waals surface area contributed by atoms with Gasteiger partial charge >= 0.3 is 0 Å². The first-order valence-corrected chi connectivity index (χ1v) is 8.18. The molecule has 2 aromatic rings. The average molecular weight is 306 g/mol. The highest BCUT2D eigenvalue weighted by Gasteiger charge is 2.13. The van der Waals surface area contributed by atoms with Crippen LogP contribution in [0.25, 0.3) is 0 Å². The van der Waals surface area contributed by atoms with Crippen molar-refractivity contribution in [1.29, 1.82) is 0 Å². The molecule has 21 heavy (non-hydrogen) atoms. The van der Waals surface area contributed by atoms with Gasteiger partial charge in [0.05, 0.1) is 0 Å². The zero-order chi connectivity index (χ0) is 15.1. The van der Waals surface area contributed by atoms with Crippen LogP contribution in [0, 0.1) is 0 Å². The molecule has 2 N–H and O–H groups in total. The van der Waals surface area contributed by atoms with Crippen molar-refractivity contribution in [1.82, 2.24) is 14.7 Å². The average Bonchev–Trinajstić information content (AvgIpc) is 2.49. The van der Waals surface area contributed by atoms with Crippen molar-refractivity contribution in [2.24, 2.45) is 0 Å². The summed E-state index contributed by atoms with van der Waals surface area (Å²) >= 11 is 0. The lowest BCUT2D eigenvalue weighted by atomic mass is 10.2. The molecule has 0 saturated heterocycles. The summed E-state index contributed by atoms with van der Waals surface area (Å²) in [5.74, 6) is 0.659. The number of nitrogens with zero attached hydrogens (tertiary/aromatic N) is 2. The molecule has 2 heterocycles. The molecule has 0 amide bonds. The largest absolute Gasteiger partial charge is 0.370 e. The van der Waals surface area contributed by atoms with Crippen LogP contribution in [0.15, 0.2) is 47.8 Å². The minimum absolute atomic E-state index is 0.162. The van der Waals surface area contributed by atoms with Crippen molar-refractivity contribution in [2.75, 3.05) is 18.4 Å². The van der Waals surface area contributed by atoms with E-state index in [1.165, 1.54) is 12.3 Å². The summed E-state index contributed by atoms with van der Waals surface area (Å²) in [4.78, 5) is 8.21. The predicted molar refractivity (Wildman–Crippen MR) is 81.5 cm³/mol. The third kappa shape index (κ3) is 4.51. The summed E-state index contributed by atoms with van der Waals surface area (Å²) in [5, 5.41) is 3.02. The fraction of sp³-hybridized carbons (Fsp3) is 0.286. The Labute approximate surface area is 124 Å². The Kier molecular flexibility index (Phi) is 5.24. The first-order valence-electron chi connectivity index (χ1n) is 6.70. The molecule has 0 spiro atoms. The third-order valence-corrected chi connectivity index (χ3v) is 4.28. The molecule has 2 aromatic heterocycles. The molecule has 112 valence electrons. The van der Waals surface area contributed by atoms with Crippen LogP contribution < -0.4 is 10.0 Å². The SMILES string of the molecule is CCNc1ccc(S(=O)(=O)NCCc2cccnc2)cn1. The zero-order valence-corrected chi connectivity index (χ0v) is 12.6. The first-order chi connectivity index (χ1) is 10.1. The number of rotatable bonds is 7. The highest BCUT2D eigenvalue weighted by Crippen LogP contribution is 2.10. The number of anilines is 1. The molecular weight excluding hydrogens is 288 g/mol. The molecule has 7 heteroatoms. The van der Waals surface area contributed by atoms with E-state index in [4.69, 9.17) is 0 Å². The predicted octanol–water partition coefficient (Wildman–Crippen LogP) is 1.43. The van der Waals surface area contributed by atoms with Gasteiger partial charge in [0, 0.05) is 31.7 Å². The standard InChI is InChI=1S/C14H18N4O2S/c1-2-16-14-6-5-13(11-17-14)21(19,20)18-9-7-12-4-3-8-15-10-12/h3-6,8,10-11,18H,2,7,9H2,1H3,(H,16,17). The van der Waals surface area contributed by atoms with Gasteiger partial charge in [0.1, 0.15) is 10.7 Å². The van der Waals surface area contributed by atoms with Crippen molar-refractivity contribution in [3.63, 3.8) is 0 Å². The number of nitrogens with one attached hydrogen (secondary N) is 2. The second kappa shape index (κ2) is 7.14. The van der Waals surface area contributed by atoms with Crippen LogP contribution in [0.4, 0.5) is 5.82 Å². The minimum atomic E-state index is -3.52. The van der Waals surface area contributed by atoms with E-state index in [0.717, 1.165) is 12.1 Å². The van der Waals surface area contributed by atoms with Crippen LogP contribution in [0.3, 0.4) is 0 Å². The summed E-state index contributed by atoms with van der Waals surface area (Å²) in [7, 11) is -3.52. The third-order valence-electron chi connectivity index (χ3n) is 2.83. The molecule has 0 bridgehead atoms. The van der Waals surface area contributed by atoms with Crippen LogP contribution in [-0.2, 0) is 16.4 Å². The molecule has 0 aliphatic heterocycles. The maximum absolute atomic E-state index is 12.1. The molecule has 0 saturated carbocycles. The summed E-state index contributed by atoms with van der Waals surface area (Å²) in [6.45, 7) is 3.01. The maximum atomic E-state index is 12.1. The van der Waals surface area contributed by atoms with Gasteiger partial charge in [-0.25, -0.2) is 18.1 Å². The fourth-order valence-corrected chi connectivity index (χ4v) is 2.76. The Bertz CT molecular complexity index is 657. The normalized spacial score (nSPS) is 11.3. The van der Waals surface area contributed by atoms with Gasteiger partial charge in [-0.1, -0.05) is 6.07 Å². The van der Waals surface area contributed by atoms with Gasteiger partial charge in [-0.15, -0.1) is 0 Å². The van der Waals surface area contributed by atoms with E-state index in [1.54, 1.807) is 18.5 Å². The van der Waals surface area contributed by atoms with Crippen molar-refractivity contribution < 1.29 is 8.42 Å².